The number of carbonyl (C=O) groups excluding carboxylic acids is 1. The number of amides is 1. The highest BCUT2D eigenvalue weighted by atomic mass is 32.2. The van der Waals surface area contributed by atoms with E-state index in [1.165, 1.54) is 14.0 Å². The summed E-state index contributed by atoms with van der Waals surface area (Å²) in [5, 5.41) is 10.9. The number of aromatic amines is 1. The van der Waals surface area contributed by atoms with Crippen LogP contribution in [0.4, 0.5) is 0 Å². The lowest BCUT2D eigenvalue weighted by Gasteiger charge is -2.07. The van der Waals surface area contributed by atoms with E-state index in [1.54, 1.807) is 0 Å². The highest BCUT2D eigenvalue weighted by Gasteiger charge is 2.20. The van der Waals surface area contributed by atoms with E-state index in [2.05, 4.69) is 15.0 Å². The maximum atomic E-state index is 11.9. The van der Waals surface area contributed by atoms with E-state index in [1.807, 2.05) is 0 Å². The largest absolute Gasteiger partial charge is 0.480 e. The van der Waals surface area contributed by atoms with Crippen LogP contribution in [0.25, 0.3) is 0 Å². The molecule has 9 nitrogen and oxygen atoms in total. The Morgan fingerprint density at radius 3 is 2.71 bits per heavy atom. The smallest absolute Gasteiger partial charge is 0.325 e. The Balaban J connectivity index is 2.76. The number of carboxylic acid groups (broad SMARTS) is 1. The van der Waals surface area contributed by atoms with Crippen LogP contribution in [-0.4, -0.2) is 56.7 Å². The number of nitrogens with one attached hydrogen (secondary N) is 3. The number of methoxy groups -OCH3 is 1. The first-order chi connectivity index (χ1) is 9.77. The highest BCUT2D eigenvalue weighted by molar-refractivity contribution is 7.89. The standard InChI is InChI=1S/C11H17N3O6S/c1-7(11(16)17)14-10(15)9-5-8(6-12-9)21(18,19)13-3-4-20-2/h5-7,12-13H,3-4H2,1-2H3,(H,14,15)(H,16,17)/t7-/m1/s1. The highest BCUT2D eigenvalue weighted by Crippen LogP contribution is 2.10. The second-order valence-electron chi connectivity index (χ2n) is 4.17. The summed E-state index contributed by atoms with van der Waals surface area (Å²) in [7, 11) is -2.31. The first-order valence-electron chi connectivity index (χ1n) is 5.98. The summed E-state index contributed by atoms with van der Waals surface area (Å²) in [6.45, 7) is 1.61. The van der Waals surface area contributed by atoms with Crippen molar-refractivity contribution in [1.29, 1.82) is 0 Å². The van der Waals surface area contributed by atoms with Gasteiger partial charge in [-0.3, -0.25) is 9.59 Å². The van der Waals surface area contributed by atoms with Crippen molar-refractivity contribution in [2.24, 2.45) is 0 Å². The fourth-order valence-corrected chi connectivity index (χ4v) is 2.36. The molecule has 0 aliphatic carbocycles. The lowest BCUT2D eigenvalue weighted by Crippen LogP contribution is -2.38. The molecule has 21 heavy (non-hydrogen) atoms. The third-order valence-electron chi connectivity index (χ3n) is 2.53. The van der Waals surface area contributed by atoms with Gasteiger partial charge in [-0.05, 0) is 13.0 Å². The molecule has 0 aliphatic heterocycles. The van der Waals surface area contributed by atoms with E-state index in [9.17, 15) is 18.0 Å². The van der Waals surface area contributed by atoms with Gasteiger partial charge in [0.05, 0.1) is 6.61 Å². The fraction of sp³-hybridized carbons (Fsp3) is 0.455. The Kier molecular flexibility index (Phi) is 5.88. The number of hydrogen-bond donors (Lipinski definition) is 4. The molecule has 0 radical (unpaired) electrons. The Bertz CT molecular complexity index is 609. The number of rotatable bonds is 8. The maximum Gasteiger partial charge on any atom is 0.325 e. The first kappa shape index (κ1) is 17.1. The van der Waals surface area contributed by atoms with Gasteiger partial charge in [-0.15, -0.1) is 0 Å². The predicted molar refractivity (Wildman–Crippen MR) is 72.4 cm³/mol. The van der Waals surface area contributed by atoms with Gasteiger partial charge in [-0.1, -0.05) is 0 Å². The van der Waals surface area contributed by atoms with Crippen molar-refractivity contribution in [3.8, 4) is 0 Å². The van der Waals surface area contributed by atoms with Gasteiger partial charge in [0.2, 0.25) is 10.0 Å². The summed E-state index contributed by atoms with van der Waals surface area (Å²) >= 11 is 0. The van der Waals surface area contributed by atoms with Crippen LogP contribution in [0.5, 0.6) is 0 Å². The van der Waals surface area contributed by atoms with E-state index < -0.39 is 27.9 Å². The molecule has 0 fully saturated rings. The summed E-state index contributed by atoms with van der Waals surface area (Å²) in [5.74, 6) is -1.90. The predicted octanol–water partition coefficient (Wildman–Crippen LogP) is -0.858. The Morgan fingerprint density at radius 1 is 1.48 bits per heavy atom. The topological polar surface area (TPSA) is 138 Å². The number of sulfonamides is 1. The molecule has 0 bridgehead atoms. The zero-order valence-electron chi connectivity index (χ0n) is 11.5. The van der Waals surface area contributed by atoms with Gasteiger partial charge in [-0.2, -0.15) is 0 Å². The van der Waals surface area contributed by atoms with E-state index in [4.69, 9.17) is 9.84 Å². The van der Waals surface area contributed by atoms with Crippen molar-refractivity contribution in [3.63, 3.8) is 0 Å². The molecule has 0 spiro atoms. The zero-order chi connectivity index (χ0) is 16.0. The number of ether oxygens (including phenoxy) is 1. The number of aliphatic carboxylic acids is 1. The van der Waals surface area contributed by atoms with Crippen LogP contribution in [0.3, 0.4) is 0 Å². The third kappa shape index (κ3) is 4.85. The first-order valence-corrected chi connectivity index (χ1v) is 7.47. The Hall–Kier alpha value is -1.91. The normalized spacial score (nSPS) is 12.9. The summed E-state index contributed by atoms with van der Waals surface area (Å²) in [6.07, 6.45) is 1.15. The minimum atomic E-state index is -3.75. The molecule has 0 unspecified atom stereocenters. The second kappa shape index (κ2) is 7.20. The number of H-pyrrole nitrogens is 1. The van der Waals surface area contributed by atoms with Gasteiger partial charge in [-0.25, -0.2) is 13.1 Å². The minimum absolute atomic E-state index is 0.0461. The van der Waals surface area contributed by atoms with Gasteiger partial charge in [0.15, 0.2) is 0 Å². The molecule has 0 saturated heterocycles. The molecule has 1 aromatic heterocycles. The maximum absolute atomic E-state index is 11.9. The van der Waals surface area contributed by atoms with Crippen molar-refractivity contribution in [2.75, 3.05) is 20.3 Å². The average Bonchev–Trinajstić information content (AvgIpc) is 2.89. The second-order valence-corrected chi connectivity index (χ2v) is 5.94. The van der Waals surface area contributed by atoms with Crippen molar-refractivity contribution in [3.05, 3.63) is 18.0 Å². The number of carbonyl (C=O) groups is 2. The molecule has 1 rings (SSSR count). The molecule has 1 heterocycles. The quantitative estimate of drug-likeness (QED) is 0.460. The van der Waals surface area contributed by atoms with Crippen molar-refractivity contribution in [1.82, 2.24) is 15.0 Å². The summed E-state index contributed by atoms with van der Waals surface area (Å²) < 4.78 is 30.7. The molecule has 0 aliphatic rings. The molecular formula is C11H17N3O6S. The van der Waals surface area contributed by atoms with Crippen LogP contribution in [0.1, 0.15) is 17.4 Å². The van der Waals surface area contributed by atoms with Gasteiger partial charge in [0.25, 0.3) is 5.91 Å². The number of hydrogen-bond acceptors (Lipinski definition) is 5. The number of carboxylic acids is 1. The molecule has 0 saturated carbocycles. The summed E-state index contributed by atoms with van der Waals surface area (Å²) in [5.41, 5.74) is -0.0461. The molecular weight excluding hydrogens is 302 g/mol. The van der Waals surface area contributed by atoms with E-state index in [0.29, 0.717) is 0 Å². The molecule has 1 atom stereocenters. The van der Waals surface area contributed by atoms with Crippen LogP contribution < -0.4 is 10.0 Å². The minimum Gasteiger partial charge on any atom is -0.480 e. The van der Waals surface area contributed by atoms with Gasteiger partial charge >= 0.3 is 5.97 Å². The van der Waals surface area contributed by atoms with Gasteiger partial charge < -0.3 is 20.1 Å². The van der Waals surface area contributed by atoms with E-state index >= 15 is 0 Å². The van der Waals surface area contributed by atoms with E-state index in [-0.39, 0.29) is 23.7 Å². The van der Waals surface area contributed by atoms with Crippen molar-refractivity contribution in [2.45, 2.75) is 17.9 Å². The van der Waals surface area contributed by atoms with Crippen molar-refractivity contribution >= 4 is 21.9 Å². The third-order valence-corrected chi connectivity index (χ3v) is 3.97. The molecule has 10 heteroatoms. The van der Waals surface area contributed by atoms with Crippen LogP contribution in [0.15, 0.2) is 17.2 Å². The summed E-state index contributed by atoms with van der Waals surface area (Å²) in [6, 6.07) is 0.0413. The average molecular weight is 319 g/mol. The monoisotopic (exact) mass is 319 g/mol. The van der Waals surface area contributed by atoms with Crippen molar-refractivity contribution < 1.29 is 27.9 Å². The lowest BCUT2D eigenvalue weighted by atomic mass is 10.3. The molecule has 118 valence electrons. The van der Waals surface area contributed by atoms with Crippen LogP contribution in [0.2, 0.25) is 0 Å². The molecule has 0 aromatic carbocycles. The van der Waals surface area contributed by atoms with Crippen LogP contribution >= 0.6 is 0 Å². The number of aromatic nitrogens is 1. The SMILES string of the molecule is COCCNS(=O)(=O)c1c[nH]c(C(=O)N[C@H](C)C(=O)O)c1. The van der Waals surface area contributed by atoms with Gasteiger partial charge in [0, 0.05) is 19.9 Å². The molecule has 4 N–H and O–H groups in total. The van der Waals surface area contributed by atoms with Crippen LogP contribution in [0, 0.1) is 0 Å². The molecule has 1 amide bonds. The molecule has 1 aromatic rings. The van der Waals surface area contributed by atoms with Crippen LogP contribution in [-0.2, 0) is 19.6 Å². The van der Waals surface area contributed by atoms with E-state index in [0.717, 1.165) is 12.3 Å². The zero-order valence-corrected chi connectivity index (χ0v) is 12.4. The lowest BCUT2D eigenvalue weighted by molar-refractivity contribution is -0.138. The Labute approximate surface area is 121 Å². The summed E-state index contributed by atoms with van der Waals surface area (Å²) in [4.78, 5) is 24.7. The van der Waals surface area contributed by atoms with Gasteiger partial charge in [0.1, 0.15) is 16.6 Å². The fourth-order valence-electron chi connectivity index (χ4n) is 1.36. The Morgan fingerprint density at radius 2 is 2.14 bits per heavy atom.